The van der Waals surface area contributed by atoms with E-state index < -0.39 is 40.7 Å². The average molecular weight is 423 g/mol. The van der Waals surface area contributed by atoms with Crippen molar-refractivity contribution in [1.82, 2.24) is 10.2 Å². The maximum Gasteiger partial charge on any atom is 0.332 e. The number of nitrogens with one attached hydrogen (secondary N) is 1. The Morgan fingerprint density at radius 1 is 1.03 bits per heavy atom. The number of piperazine rings is 1. The summed E-state index contributed by atoms with van der Waals surface area (Å²) in [7, 11) is 0. The lowest BCUT2D eigenvalue weighted by molar-refractivity contribution is -0.141. The van der Waals surface area contributed by atoms with E-state index in [-0.39, 0.29) is 31.5 Å². The van der Waals surface area contributed by atoms with E-state index in [9.17, 15) is 23.2 Å². The second-order valence-electron chi connectivity index (χ2n) is 7.39. The molecule has 0 bridgehead atoms. The Bertz CT molecular complexity index is 1120. The molecule has 2 aromatic rings. The second kappa shape index (κ2) is 7.84. The Kier molecular flexibility index (Phi) is 5.19. The molecule has 158 valence electrons. The number of urea groups is 1. The molecule has 6 nitrogen and oxygen atoms in total. The number of rotatable bonds is 2. The largest absolute Gasteiger partial charge is 0.352 e. The molecule has 0 saturated carbocycles. The number of anilines is 1. The first-order valence-corrected chi connectivity index (χ1v) is 9.86. The summed E-state index contributed by atoms with van der Waals surface area (Å²) in [6.07, 6.45) is -0.140. The van der Waals surface area contributed by atoms with E-state index in [0.717, 1.165) is 12.1 Å². The lowest BCUT2D eigenvalue weighted by atomic mass is 9.84. The fraction of sp³-hybridized carbons (Fsp3) is 0.261. The molecule has 8 heteroatoms. The van der Waals surface area contributed by atoms with Crippen molar-refractivity contribution in [2.45, 2.75) is 25.3 Å². The highest BCUT2D eigenvalue weighted by Crippen LogP contribution is 2.37. The SMILES string of the molecule is CCC12CC(=O)N(c3c(F)cc(C#Cc4ccccc4)cc3F)C(=O)N1CCNC2=O. The number of hydrogen-bond donors (Lipinski definition) is 1. The van der Waals surface area contributed by atoms with E-state index in [1.807, 2.05) is 6.07 Å². The van der Waals surface area contributed by atoms with E-state index in [0.29, 0.717) is 10.5 Å². The number of carbonyl (C=O) groups is 3. The molecule has 0 spiro atoms. The minimum atomic E-state index is -1.34. The predicted molar refractivity (Wildman–Crippen MR) is 109 cm³/mol. The van der Waals surface area contributed by atoms with Gasteiger partial charge in [0.2, 0.25) is 11.8 Å². The highest BCUT2D eigenvalue weighted by Gasteiger charge is 2.55. The molecule has 1 atom stereocenters. The zero-order valence-electron chi connectivity index (χ0n) is 16.7. The molecule has 2 aromatic carbocycles. The molecule has 1 unspecified atom stereocenters. The van der Waals surface area contributed by atoms with Gasteiger partial charge in [0.15, 0.2) is 11.6 Å². The molecule has 0 aliphatic carbocycles. The third-order valence-corrected chi connectivity index (χ3v) is 5.63. The van der Waals surface area contributed by atoms with Crippen LogP contribution >= 0.6 is 0 Å². The molecule has 0 aromatic heterocycles. The van der Waals surface area contributed by atoms with Crippen molar-refractivity contribution in [3.8, 4) is 11.8 Å². The predicted octanol–water partition coefficient (Wildman–Crippen LogP) is 2.80. The first-order valence-electron chi connectivity index (χ1n) is 9.86. The summed E-state index contributed by atoms with van der Waals surface area (Å²) < 4.78 is 29.8. The van der Waals surface area contributed by atoms with Crippen molar-refractivity contribution < 1.29 is 23.2 Å². The number of fused-ring (bicyclic) bond motifs is 1. The van der Waals surface area contributed by atoms with Crippen LogP contribution in [-0.4, -0.2) is 41.4 Å². The lowest BCUT2D eigenvalue weighted by Crippen LogP contribution is -2.73. The van der Waals surface area contributed by atoms with Gasteiger partial charge in [-0.1, -0.05) is 37.0 Å². The lowest BCUT2D eigenvalue weighted by Gasteiger charge is -2.50. The van der Waals surface area contributed by atoms with Crippen molar-refractivity contribution in [3.05, 3.63) is 65.2 Å². The molecule has 1 N–H and O–H groups in total. The van der Waals surface area contributed by atoms with Gasteiger partial charge in [-0.2, -0.15) is 0 Å². The minimum Gasteiger partial charge on any atom is -0.352 e. The molecule has 0 radical (unpaired) electrons. The smallest absolute Gasteiger partial charge is 0.332 e. The fourth-order valence-corrected chi connectivity index (χ4v) is 4.01. The Morgan fingerprint density at radius 2 is 1.68 bits per heavy atom. The molecule has 2 aliphatic rings. The molecule has 2 heterocycles. The number of amides is 4. The molecule has 2 saturated heterocycles. The van der Waals surface area contributed by atoms with Crippen LogP contribution in [0.4, 0.5) is 19.3 Å². The average Bonchev–Trinajstić information content (AvgIpc) is 2.75. The van der Waals surface area contributed by atoms with Crippen molar-refractivity contribution in [1.29, 1.82) is 0 Å². The zero-order chi connectivity index (χ0) is 22.2. The summed E-state index contributed by atoms with van der Waals surface area (Å²) in [5.74, 6) is 2.06. The maximum absolute atomic E-state index is 14.9. The van der Waals surface area contributed by atoms with Crippen LogP contribution in [0.5, 0.6) is 0 Å². The van der Waals surface area contributed by atoms with E-state index >= 15 is 0 Å². The highest BCUT2D eigenvalue weighted by atomic mass is 19.1. The van der Waals surface area contributed by atoms with Gasteiger partial charge in [0.05, 0.1) is 6.42 Å². The van der Waals surface area contributed by atoms with Crippen LogP contribution < -0.4 is 10.2 Å². The van der Waals surface area contributed by atoms with Gasteiger partial charge in [-0.3, -0.25) is 9.59 Å². The van der Waals surface area contributed by atoms with Crippen LogP contribution in [-0.2, 0) is 9.59 Å². The van der Waals surface area contributed by atoms with E-state index in [1.54, 1.807) is 31.2 Å². The van der Waals surface area contributed by atoms with Crippen LogP contribution in [0.25, 0.3) is 0 Å². The molecular formula is C23H19F2N3O3. The number of hydrogen-bond acceptors (Lipinski definition) is 3. The fourth-order valence-electron chi connectivity index (χ4n) is 4.01. The maximum atomic E-state index is 14.9. The summed E-state index contributed by atoms with van der Waals surface area (Å²) >= 11 is 0. The van der Waals surface area contributed by atoms with Crippen molar-refractivity contribution >= 4 is 23.5 Å². The molecule has 4 rings (SSSR count). The Balaban J connectivity index is 1.70. The number of imide groups is 1. The summed E-state index contributed by atoms with van der Waals surface area (Å²) in [5.41, 5.74) is -1.35. The highest BCUT2D eigenvalue weighted by molar-refractivity contribution is 6.19. The van der Waals surface area contributed by atoms with Crippen LogP contribution in [0.3, 0.4) is 0 Å². The Morgan fingerprint density at radius 3 is 2.32 bits per heavy atom. The molecule has 2 aliphatic heterocycles. The number of benzene rings is 2. The van der Waals surface area contributed by atoms with Gasteiger partial charge in [0.25, 0.3) is 0 Å². The van der Waals surface area contributed by atoms with Gasteiger partial charge in [0.1, 0.15) is 11.2 Å². The first kappa shape index (κ1) is 20.5. The van der Waals surface area contributed by atoms with Crippen molar-refractivity contribution in [2.24, 2.45) is 0 Å². The topological polar surface area (TPSA) is 69.7 Å². The summed E-state index contributed by atoms with van der Waals surface area (Å²) in [6, 6.07) is 9.98. The molecule has 2 fully saturated rings. The second-order valence-corrected chi connectivity index (χ2v) is 7.39. The molecule has 31 heavy (non-hydrogen) atoms. The van der Waals surface area contributed by atoms with Crippen LogP contribution in [0, 0.1) is 23.5 Å². The first-order chi connectivity index (χ1) is 14.9. The van der Waals surface area contributed by atoms with Crippen molar-refractivity contribution in [3.63, 3.8) is 0 Å². The Labute approximate surface area is 177 Å². The van der Waals surface area contributed by atoms with E-state index in [1.165, 1.54) is 4.90 Å². The normalized spacial score (nSPS) is 20.7. The third-order valence-electron chi connectivity index (χ3n) is 5.63. The van der Waals surface area contributed by atoms with E-state index in [4.69, 9.17) is 0 Å². The number of halogens is 2. The third kappa shape index (κ3) is 3.42. The standard InChI is InChI=1S/C23H19F2N3O3/c1-2-23-14-19(29)28(22(31)27(23)11-10-26-21(23)30)20-17(24)12-16(13-18(20)25)9-8-15-6-4-3-5-7-15/h3-7,12-13H,2,10-11,14H2,1H3,(H,26,30). The van der Waals surface area contributed by atoms with Gasteiger partial charge in [-0.15, -0.1) is 0 Å². The van der Waals surface area contributed by atoms with Crippen LogP contribution in [0.2, 0.25) is 0 Å². The minimum absolute atomic E-state index is 0.0692. The van der Waals surface area contributed by atoms with Gasteiger partial charge in [-0.25, -0.2) is 18.5 Å². The van der Waals surface area contributed by atoms with Gasteiger partial charge in [0, 0.05) is 24.2 Å². The summed E-state index contributed by atoms with van der Waals surface area (Å²) in [4.78, 5) is 40.0. The number of carbonyl (C=O) groups excluding carboxylic acids is 3. The van der Waals surface area contributed by atoms with Crippen molar-refractivity contribution in [2.75, 3.05) is 18.0 Å². The quantitative estimate of drug-likeness (QED) is 0.756. The van der Waals surface area contributed by atoms with Gasteiger partial charge < -0.3 is 10.2 Å². The van der Waals surface area contributed by atoms with Crippen LogP contribution in [0.1, 0.15) is 30.9 Å². The zero-order valence-corrected chi connectivity index (χ0v) is 16.7. The molecular weight excluding hydrogens is 404 g/mol. The monoisotopic (exact) mass is 423 g/mol. The Hall–Kier alpha value is -3.73. The molecule has 4 amide bonds. The van der Waals surface area contributed by atoms with Crippen LogP contribution in [0.15, 0.2) is 42.5 Å². The number of nitrogens with zero attached hydrogens (tertiary/aromatic N) is 2. The summed E-state index contributed by atoms with van der Waals surface area (Å²) in [6.45, 7) is 2.04. The van der Waals surface area contributed by atoms with Gasteiger partial charge >= 0.3 is 6.03 Å². The summed E-state index contributed by atoms with van der Waals surface area (Å²) in [5, 5.41) is 2.66. The van der Waals surface area contributed by atoms with Gasteiger partial charge in [-0.05, 0) is 30.7 Å². The van der Waals surface area contributed by atoms with E-state index in [2.05, 4.69) is 17.2 Å².